The lowest BCUT2D eigenvalue weighted by Crippen LogP contribution is -1.78. The van der Waals surface area contributed by atoms with E-state index in [1.807, 2.05) is 18.3 Å². The standard InChI is InChI=1S/C13H9N2/c1-2-6-12-10(4-1)5-3-7-13(12)11-8-14-15-9-11/h1-8H,(H,14,15). The van der Waals surface area contributed by atoms with Crippen LogP contribution in [-0.2, 0) is 0 Å². The van der Waals surface area contributed by atoms with Gasteiger partial charge in [-0.05, 0) is 16.3 Å². The molecule has 15 heavy (non-hydrogen) atoms. The van der Waals surface area contributed by atoms with Gasteiger partial charge in [0.25, 0.3) is 0 Å². The number of nitrogens with one attached hydrogen (secondary N) is 1. The minimum absolute atomic E-state index is 1.01. The van der Waals surface area contributed by atoms with Crippen LogP contribution in [0.2, 0.25) is 0 Å². The molecule has 2 nitrogen and oxygen atoms in total. The van der Waals surface area contributed by atoms with Crippen molar-refractivity contribution in [2.45, 2.75) is 0 Å². The second-order valence-electron chi connectivity index (χ2n) is 3.44. The summed E-state index contributed by atoms with van der Waals surface area (Å²) in [5.74, 6) is 0. The van der Waals surface area contributed by atoms with Gasteiger partial charge in [0.2, 0.25) is 0 Å². The summed E-state index contributed by atoms with van der Waals surface area (Å²) in [7, 11) is 0. The molecule has 2 heteroatoms. The molecule has 1 aromatic heterocycles. The van der Waals surface area contributed by atoms with E-state index in [4.69, 9.17) is 0 Å². The van der Waals surface area contributed by atoms with Crippen LogP contribution in [0.25, 0.3) is 21.9 Å². The van der Waals surface area contributed by atoms with Crippen LogP contribution in [0.3, 0.4) is 0 Å². The molecule has 3 rings (SSSR count). The molecule has 0 aliphatic heterocycles. The smallest absolute Gasteiger partial charge is 0.121 e. The zero-order chi connectivity index (χ0) is 10.1. The fourth-order valence-corrected chi connectivity index (χ4v) is 1.82. The van der Waals surface area contributed by atoms with Crippen molar-refractivity contribution >= 4 is 10.8 Å². The van der Waals surface area contributed by atoms with Crippen molar-refractivity contribution in [3.8, 4) is 11.1 Å². The van der Waals surface area contributed by atoms with Gasteiger partial charge in [-0.2, -0.15) is 5.10 Å². The maximum absolute atomic E-state index is 3.86. The molecule has 0 aliphatic rings. The second-order valence-corrected chi connectivity index (χ2v) is 3.44. The van der Waals surface area contributed by atoms with Crippen LogP contribution in [0.4, 0.5) is 0 Å². The first-order valence-corrected chi connectivity index (χ1v) is 4.85. The largest absolute Gasteiger partial charge is 0.284 e. The van der Waals surface area contributed by atoms with Crippen molar-refractivity contribution in [3.63, 3.8) is 0 Å². The molecule has 0 spiro atoms. The topological polar surface area (TPSA) is 28.7 Å². The number of hydrogen-bond acceptors (Lipinski definition) is 1. The van der Waals surface area contributed by atoms with Crippen molar-refractivity contribution in [2.75, 3.05) is 0 Å². The van der Waals surface area contributed by atoms with Crippen LogP contribution in [0.15, 0.2) is 48.7 Å². The highest BCUT2D eigenvalue weighted by atomic mass is 15.1. The van der Waals surface area contributed by atoms with E-state index < -0.39 is 0 Å². The third-order valence-corrected chi connectivity index (χ3v) is 2.53. The minimum Gasteiger partial charge on any atom is -0.284 e. The van der Waals surface area contributed by atoms with Crippen LogP contribution in [0, 0.1) is 6.20 Å². The average Bonchev–Trinajstić information content (AvgIpc) is 2.82. The maximum atomic E-state index is 3.86. The van der Waals surface area contributed by atoms with E-state index in [2.05, 4.69) is 46.7 Å². The number of aromatic nitrogens is 2. The first-order chi connectivity index (χ1) is 7.45. The molecule has 3 aromatic rings. The van der Waals surface area contributed by atoms with Gasteiger partial charge >= 0.3 is 0 Å². The Hall–Kier alpha value is -2.09. The first kappa shape index (κ1) is 8.24. The normalized spacial score (nSPS) is 10.7. The van der Waals surface area contributed by atoms with Crippen LogP contribution in [0.5, 0.6) is 0 Å². The van der Waals surface area contributed by atoms with E-state index in [1.54, 1.807) is 0 Å². The van der Waals surface area contributed by atoms with Gasteiger partial charge in [-0.1, -0.05) is 42.5 Å². The Morgan fingerprint density at radius 3 is 2.73 bits per heavy atom. The maximum Gasteiger partial charge on any atom is 0.121 e. The number of nitrogens with zero attached hydrogens (tertiary/aromatic N) is 1. The Labute approximate surface area is 87.6 Å². The molecule has 0 bridgehead atoms. The van der Waals surface area contributed by atoms with Gasteiger partial charge in [0.15, 0.2) is 0 Å². The molecule has 0 fully saturated rings. The quantitative estimate of drug-likeness (QED) is 0.632. The molecular formula is C13H9N2. The minimum atomic E-state index is 1.01. The van der Waals surface area contributed by atoms with Crippen LogP contribution in [0.1, 0.15) is 0 Å². The van der Waals surface area contributed by atoms with Gasteiger partial charge in [-0.15, -0.1) is 0 Å². The number of H-pyrrole nitrogens is 1. The van der Waals surface area contributed by atoms with Crippen LogP contribution < -0.4 is 0 Å². The summed E-state index contributed by atoms with van der Waals surface area (Å²) < 4.78 is 0. The van der Waals surface area contributed by atoms with E-state index in [1.165, 1.54) is 16.3 Å². The summed E-state index contributed by atoms with van der Waals surface area (Å²) in [6.45, 7) is 0. The molecule has 1 heterocycles. The molecule has 1 N–H and O–H groups in total. The molecule has 71 valence electrons. The Morgan fingerprint density at radius 1 is 1.00 bits per heavy atom. The predicted molar refractivity (Wildman–Crippen MR) is 60.4 cm³/mol. The summed E-state index contributed by atoms with van der Waals surface area (Å²) in [6.07, 6.45) is 4.80. The van der Waals surface area contributed by atoms with E-state index in [-0.39, 0.29) is 0 Å². The highest BCUT2D eigenvalue weighted by Crippen LogP contribution is 2.26. The number of rotatable bonds is 1. The Kier molecular flexibility index (Phi) is 1.78. The monoisotopic (exact) mass is 193 g/mol. The van der Waals surface area contributed by atoms with E-state index in [0.29, 0.717) is 0 Å². The fourth-order valence-electron chi connectivity index (χ4n) is 1.82. The van der Waals surface area contributed by atoms with Gasteiger partial charge in [0.1, 0.15) is 6.20 Å². The summed E-state index contributed by atoms with van der Waals surface area (Å²) in [5, 5.41) is 9.12. The van der Waals surface area contributed by atoms with E-state index >= 15 is 0 Å². The fraction of sp³-hybridized carbons (Fsp3) is 0. The Bertz CT molecular complexity index is 577. The molecule has 0 saturated carbocycles. The van der Waals surface area contributed by atoms with Crippen molar-refractivity contribution in [3.05, 3.63) is 54.9 Å². The molecule has 0 aliphatic carbocycles. The number of hydrogen-bond donors (Lipinski definition) is 1. The van der Waals surface area contributed by atoms with Crippen LogP contribution >= 0.6 is 0 Å². The van der Waals surface area contributed by atoms with Crippen molar-refractivity contribution in [1.82, 2.24) is 10.2 Å². The van der Waals surface area contributed by atoms with Gasteiger partial charge in [-0.25, -0.2) is 0 Å². The number of aromatic amines is 1. The Morgan fingerprint density at radius 2 is 1.87 bits per heavy atom. The third-order valence-electron chi connectivity index (χ3n) is 2.53. The SMILES string of the molecule is [c]1n[nH]cc1-c1cccc2ccccc12. The third kappa shape index (κ3) is 1.31. The number of benzene rings is 2. The summed E-state index contributed by atoms with van der Waals surface area (Å²) in [5.41, 5.74) is 2.17. The summed E-state index contributed by atoms with van der Waals surface area (Å²) >= 11 is 0. The first-order valence-electron chi connectivity index (χ1n) is 4.85. The zero-order valence-corrected chi connectivity index (χ0v) is 8.07. The lowest BCUT2D eigenvalue weighted by molar-refractivity contribution is 1.08. The molecule has 0 unspecified atom stereocenters. The van der Waals surface area contributed by atoms with Gasteiger partial charge in [0.05, 0.1) is 0 Å². The van der Waals surface area contributed by atoms with Gasteiger partial charge in [-0.3, -0.25) is 5.10 Å². The van der Waals surface area contributed by atoms with Gasteiger partial charge < -0.3 is 0 Å². The molecule has 0 saturated heterocycles. The lowest BCUT2D eigenvalue weighted by atomic mass is 10.0. The summed E-state index contributed by atoms with van der Waals surface area (Å²) in [4.78, 5) is 0. The molecular weight excluding hydrogens is 184 g/mol. The van der Waals surface area contributed by atoms with Crippen molar-refractivity contribution in [2.24, 2.45) is 0 Å². The van der Waals surface area contributed by atoms with Gasteiger partial charge in [0, 0.05) is 11.8 Å². The van der Waals surface area contributed by atoms with Crippen molar-refractivity contribution < 1.29 is 0 Å². The molecule has 2 aromatic carbocycles. The number of fused-ring (bicyclic) bond motifs is 1. The lowest BCUT2D eigenvalue weighted by Gasteiger charge is -2.02. The van der Waals surface area contributed by atoms with Crippen LogP contribution in [-0.4, -0.2) is 10.2 Å². The highest BCUT2D eigenvalue weighted by Gasteiger charge is 2.03. The molecule has 1 radical (unpaired) electrons. The van der Waals surface area contributed by atoms with Crippen molar-refractivity contribution in [1.29, 1.82) is 0 Å². The Balaban J connectivity index is 2.36. The summed E-state index contributed by atoms with van der Waals surface area (Å²) in [6, 6.07) is 14.6. The zero-order valence-electron chi connectivity index (χ0n) is 8.07. The average molecular weight is 193 g/mol. The highest BCUT2D eigenvalue weighted by molar-refractivity contribution is 5.96. The van der Waals surface area contributed by atoms with E-state index in [9.17, 15) is 0 Å². The molecule has 0 amide bonds. The predicted octanol–water partition coefficient (Wildman–Crippen LogP) is 3.03. The van der Waals surface area contributed by atoms with E-state index in [0.717, 1.165) is 5.56 Å². The molecule has 0 atom stereocenters. The second kappa shape index (κ2) is 3.24.